The van der Waals surface area contributed by atoms with E-state index in [9.17, 15) is 19.2 Å². The molecule has 9 rings (SSSR count). The van der Waals surface area contributed by atoms with E-state index in [-0.39, 0.29) is 133 Å². The Balaban J connectivity index is -0.000000205. The van der Waals surface area contributed by atoms with Crippen LogP contribution < -0.4 is 42.2 Å². The fourth-order valence-electron chi connectivity index (χ4n) is 10.5. The molecule has 3 aliphatic rings. The molecule has 0 amide bonds. The molecule has 0 aromatic carbocycles. The van der Waals surface area contributed by atoms with E-state index in [4.69, 9.17) is 10.2 Å². The van der Waals surface area contributed by atoms with Gasteiger partial charge in [0.15, 0.2) is 0 Å². The van der Waals surface area contributed by atoms with E-state index in [0.717, 1.165) is 88.8 Å². The second-order valence-corrected chi connectivity index (χ2v) is 21.1. The molecule has 3 aliphatic carbocycles. The van der Waals surface area contributed by atoms with Crippen molar-refractivity contribution in [1.29, 1.82) is 0 Å². The van der Waals surface area contributed by atoms with Gasteiger partial charge in [0, 0.05) is 32.2 Å². The van der Waals surface area contributed by atoms with Gasteiger partial charge in [0.05, 0.1) is 33.6 Å². The molecule has 8 N–H and O–H groups in total. The van der Waals surface area contributed by atoms with Gasteiger partial charge in [0.25, 0.3) is 0 Å². The first-order valence-electron chi connectivity index (χ1n) is 25.8. The minimum absolute atomic E-state index is 0. The molecule has 0 atom stereocenters. The van der Waals surface area contributed by atoms with E-state index in [2.05, 4.69) is 134 Å². The summed E-state index contributed by atoms with van der Waals surface area (Å²) in [6.45, 7) is 36.0. The van der Waals surface area contributed by atoms with Crippen LogP contribution in [0.4, 0.5) is 0 Å². The zero-order valence-corrected chi connectivity index (χ0v) is 57.9. The predicted molar refractivity (Wildman–Crippen MR) is 320 cm³/mol. The van der Waals surface area contributed by atoms with Gasteiger partial charge < -0.3 is 88.0 Å². The molecule has 0 saturated heterocycles. The summed E-state index contributed by atoms with van der Waals surface area (Å²) >= 11 is 0. The largest absolute Gasteiger partial charge is 3.00 e. The first-order valence-corrected chi connectivity index (χ1v) is 25.8. The Morgan fingerprint density at radius 2 is 0.444 bits per heavy atom. The third kappa shape index (κ3) is 25.1. The van der Waals surface area contributed by atoms with Gasteiger partial charge in [-0.1, -0.05) is 165 Å². The van der Waals surface area contributed by atoms with Crippen molar-refractivity contribution < 1.29 is 87.0 Å². The molecule has 3 fully saturated rings. The van der Waals surface area contributed by atoms with Gasteiger partial charge in [-0.05, 0) is 125 Å². The number of hydrogen-bond acceptors (Lipinski definition) is 8. The molecule has 6 heterocycles. The number of aromatic hydroxyl groups is 2. The SMILES string of the molecule is CC1C(C)C(C)C(C)C1C.CC1C(C)C(C)C(C)C1C.CC1C(C)C(C)C(C)C1C.O.O.O.O=c1cccc(-c2cccc(=O)[n-]2)[n-]1.O=c1cccc(-c2cccc(=O)[n-]2)[n-]1.Oc1cccc(-c2cccc(O)n2)n1.[CH3-].[CH3-].[CH3-].[Ir+3].[Ir+3].[Ir]. The van der Waals surface area contributed by atoms with Crippen molar-refractivity contribution >= 4 is 0 Å². The Kier molecular flexibility index (Phi) is 45.0. The standard InChI is InChI=1S/3C10H8N2O2.3C10H20.3CH3.3Ir.3H2O/c3*13-9-5-1-3-7(11-9)8-4-2-6-10(14)12-8;3*1-6-7(2)9(4)10(5)8(6)3;;;;;;;;;/h1-6H,(H,11,13)(H,12,14);2*1-6H,(H2,11,12,13,14);3*6-10H,1-5H3;3*1H3;;;;3*1H2/q;;;;;;3*-1;;2*+3;;;/p-4. The Morgan fingerprint density at radius 3 is 0.580 bits per heavy atom. The Labute approximate surface area is 524 Å². The average Bonchev–Trinajstić information content (AvgIpc) is 3.73. The smallest absolute Gasteiger partial charge is 0.624 e. The van der Waals surface area contributed by atoms with Crippen LogP contribution in [0.25, 0.3) is 34.2 Å². The second-order valence-electron chi connectivity index (χ2n) is 21.1. The summed E-state index contributed by atoms with van der Waals surface area (Å²) in [5, 5.41) is 18.3. The molecule has 18 heteroatoms. The van der Waals surface area contributed by atoms with Gasteiger partial charge in [-0.25, -0.2) is 9.97 Å². The molecule has 6 aromatic rings. The number of nitrogens with zero attached hydrogens (tertiary/aromatic N) is 6. The molecule has 0 spiro atoms. The van der Waals surface area contributed by atoms with Crippen LogP contribution >= 0.6 is 0 Å². The van der Waals surface area contributed by atoms with Crippen LogP contribution in [0.2, 0.25) is 0 Å². The molecule has 1 radical (unpaired) electrons. The maximum Gasteiger partial charge on any atom is 3.00 e. The number of hydrogen-bond donors (Lipinski definition) is 2. The third-order valence-electron chi connectivity index (χ3n) is 17.6. The third-order valence-corrected chi connectivity index (χ3v) is 17.6. The summed E-state index contributed by atoms with van der Waals surface area (Å²) in [5.41, 5.74) is 1.43. The molecule has 15 nitrogen and oxygen atoms in total. The van der Waals surface area contributed by atoms with Gasteiger partial charge >= 0.3 is 40.2 Å². The zero-order valence-electron chi connectivity index (χ0n) is 50.8. The fraction of sp³-hybridized carbons (Fsp3) is 0.476. The summed E-state index contributed by atoms with van der Waals surface area (Å²) in [6, 6.07) is 28.0. The van der Waals surface area contributed by atoms with Gasteiger partial charge in [-0.15, -0.1) is 22.8 Å². The number of aromatic nitrogens is 6. The molecule has 0 aliphatic heterocycles. The number of pyridine rings is 6. The van der Waals surface area contributed by atoms with Crippen LogP contribution in [0.15, 0.2) is 128 Å². The van der Waals surface area contributed by atoms with Crippen molar-refractivity contribution in [2.24, 2.45) is 88.8 Å². The fourth-order valence-corrected chi connectivity index (χ4v) is 10.5. The van der Waals surface area contributed by atoms with E-state index in [1.165, 1.54) is 36.4 Å². The van der Waals surface area contributed by atoms with E-state index < -0.39 is 0 Å². The Hall–Kier alpha value is -4.47. The van der Waals surface area contributed by atoms with E-state index in [1.54, 1.807) is 72.8 Å². The molecule has 6 aromatic heterocycles. The van der Waals surface area contributed by atoms with Crippen molar-refractivity contribution in [1.82, 2.24) is 29.9 Å². The maximum absolute atomic E-state index is 10.9. The van der Waals surface area contributed by atoms with Crippen LogP contribution in [0, 0.1) is 111 Å². The van der Waals surface area contributed by atoms with Crippen LogP contribution in [-0.4, -0.2) is 36.6 Å². The molecule has 81 heavy (non-hydrogen) atoms. The monoisotopic (exact) mass is 1660 g/mol. The normalized spacial score (nSPS) is 25.7. The molecule has 0 bridgehead atoms. The Morgan fingerprint density at radius 1 is 0.296 bits per heavy atom. The van der Waals surface area contributed by atoms with Gasteiger partial charge in [-0.3, -0.25) is 0 Å². The van der Waals surface area contributed by atoms with Crippen LogP contribution in [0.5, 0.6) is 11.8 Å². The van der Waals surface area contributed by atoms with Gasteiger partial charge in [0.1, 0.15) is 0 Å². The summed E-state index contributed by atoms with van der Waals surface area (Å²) < 4.78 is 0. The molecule has 459 valence electrons. The average molecular weight is 1660 g/mol. The summed E-state index contributed by atoms with van der Waals surface area (Å²) in [7, 11) is 0. The first kappa shape index (κ1) is 87.8. The molecular formula is C63H95Ir3N6O9-. The van der Waals surface area contributed by atoms with Crippen LogP contribution in [-0.2, 0) is 60.3 Å². The van der Waals surface area contributed by atoms with E-state index >= 15 is 0 Å². The number of rotatable bonds is 3. The Bertz CT molecular complexity index is 2410. The maximum atomic E-state index is 10.9. The first-order chi connectivity index (χ1) is 33.9. The van der Waals surface area contributed by atoms with Crippen molar-refractivity contribution in [3.8, 4) is 45.9 Å². The van der Waals surface area contributed by atoms with Crippen molar-refractivity contribution in [3.05, 3.63) is 173 Å². The molecular weight excluding hydrogens is 1560 g/mol. The van der Waals surface area contributed by atoms with Crippen molar-refractivity contribution in [3.63, 3.8) is 0 Å². The molecule has 3 saturated carbocycles. The van der Waals surface area contributed by atoms with E-state index in [1.807, 2.05) is 0 Å². The van der Waals surface area contributed by atoms with Crippen LogP contribution in [0.3, 0.4) is 0 Å². The molecule has 0 unspecified atom stereocenters. The summed E-state index contributed by atoms with van der Waals surface area (Å²) in [4.78, 5) is 66.4. The zero-order chi connectivity index (χ0) is 53.6. The topological polar surface area (TPSA) is 285 Å². The summed E-state index contributed by atoms with van der Waals surface area (Å²) in [5.74, 6) is 13.9. The summed E-state index contributed by atoms with van der Waals surface area (Å²) in [6.07, 6.45) is 0. The van der Waals surface area contributed by atoms with Crippen molar-refractivity contribution in [2.75, 3.05) is 0 Å². The van der Waals surface area contributed by atoms with Crippen LogP contribution in [0.1, 0.15) is 104 Å². The van der Waals surface area contributed by atoms with Gasteiger partial charge in [0.2, 0.25) is 11.8 Å². The predicted octanol–water partition coefficient (Wildman–Crippen LogP) is 9.94. The minimum atomic E-state index is -0.333. The quantitative estimate of drug-likeness (QED) is 0.157. The van der Waals surface area contributed by atoms with Gasteiger partial charge in [-0.2, -0.15) is 0 Å². The van der Waals surface area contributed by atoms with E-state index in [0.29, 0.717) is 34.2 Å². The second kappa shape index (κ2) is 41.5. The van der Waals surface area contributed by atoms with Crippen molar-refractivity contribution in [2.45, 2.75) is 104 Å². The minimum Gasteiger partial charge on any atom is -0.624 e.